The zero-order chi connectivity index (χ0) is 15.9. The molecule has 1 rings (SSSR count). The largest absolute Gasteiger partial charge is 0.396 e. The van der Waals surface area contributed by atoms with Crippen LogP contribution in [0, 0.1) is 5.92 Å². The van der Waals surface area contributed by atoms with Crippen LogP contribution in [-0.4, -0.2) is 43.8 Å². The number of hydrogen-bond acceptors (Lipinski definition) is 6. The summed E-state index contributed by atoms with van der Waals surface area (Å²) in [5.74, 6) is 0.0907. The molecule has 1 unspecified atom stereocenters. The predicted octanol–water partition coefficient (Wildman–Crippen LogP) is 0.582. The number of aliphatic hydroxyl groups is 1. The number of anilines is 1. The van der Waals surface area contributed by atoms with E-state index in [0.29, 0.717) is 12.2 Å². The highest BCUT2D eigenvalue weighted by atomic mass is 32.2. The Balaban J connectivity index is 2.32. The van der Waals surface area contributed by atoms with Crippen LogP contribution in [0.15, 0.2) is 5.38 Å². The van der Waals surface area contributed by atoms with Crippen molar-refractivity contribution < 1.29 is 18.3 Å². The van der Waals surface area contributed by atoms with Gasteiger partial charge >= 0.3 is 0 Å². The van der Waals surface area contributed by atoms with Gasteiger partial charge in [0.2, 0.25) is 15.9 Å². The summed E-state index contributed by atoms with van der Waals surface area (Å²) in [7, 11) is -3.34. The Labute approximate surface area is 128 Å². The third-order valence-electron chi connectivity index (χ3n) is 2.67. The molecule has 0 bridgehead atoms. The number of hydrogen-bond donors (Lipinski definition) is 3. The van der Waals surface area contributed by atoms with Crippen molar-refractivity contribution in [3.05, 3.63) is 11.1 Å². The summed E-state index contributed by atoms with van der Waals surface area (Å²) in [6.07, 6.45) is 2.84. The van der Waals surface area contributed by atoms with E-state index in [2.05, 4.69) is 15.0 Å². The van der Waals surface area contributed by atoms with Crippen LogP contribution in [0.2, 0.25) is 0 Å². The van der Waals surface area contributed by atoms with E-state index in [4.69, 9.17) is 5.11 Å². The van der Waals surface area contributed by atoms with Crippen molar-refractivity contribution in [3.8, 4) is 0 Å². The zero-order valence-electron chi connectivity index (χ0n) is 12.1. The SMILES string of the molecule is CC(CO)CCCNC(=O)Cc1csc(NS(C)(=O)=O)n1. The lowest BCUT2D eigenvalue weighted by molar-refractivity contribution is -0.120. The number of amides is 1. The highest BCUT2D eigenvalue weighted by Crippen LogP contribution is 2.16. The Morgan fingerprint density at radius 1 is 1.52 bits per heavy atom. The van der Waals surface area contributed by atoms with Gasteiger partial charge in [-0.25, -0.2) is 13.4 Å². The maximum Gasteiger partial charge on any atom is 0.231 e. The Kier molecular flexibility index (Phi) is 7.06. The molecule has 1 amide bonds. The summed E-state index contributed by atoms with van der Waals surface area (Å²) < 4.78 is 24.4. The van der Waals surface area contributed by atoms with Gasteiger partial charge in [0.05, 0.1) is 18.4 Å². The third kappa shape index (κ3) is 7.98. The van der Waals surface area contributed by atoms with Gasteiger partial charge in [-0.3, -0.25) is 9.52 Å². The lowest BCUT2D eigenvalue weighted by Crippen LogP contribution is -2.26. The average molecular weight is 335 g/mol. The Bertz CT molecular complexity index is 557. The predicted molar refractivity (Wildman–Crippen MR) is 82.8 cm³/mol. The molecule has 3 N–H and O–H groups in total. The number of nitrogens with one attached hydrogen (secondary N) is 2. The van der Waals surface area contributed by atoms with Gasteiger partial charge in [0.15, 0.2) is 5.13 Å². The summed E-state index contributed by atoms with van der Waals surface area (Å²) in [5.41, 5.74) is 0.535. The number of aliphatic hydroxyl groups excluding tert-OH is 1. The Morgan fingerprint density at radius 3 is 2.86 bits per heavy atom. The summed E-state index contributed by atoms with van der Waals surface area (Å²) in [6, 6.07) is 0. The number of carbonyl (C=O) groups excluding carboxylic acids is 1. The highest BCUT2D eigenvalue weighted by Gasteiger charge is 2.10. The minimum absolute atomic E-state index is 0.123. The minimum Gasteiger partial charge on any atom is -0.396 e. The second-order valence-electron chi connectivity index (χ2n) is 4.97. The van der Waals surface area contributed by atoms with Crippen LogP contribution in [-0.2, 0) is 21.2 Å². The standard InChI is InChI=1S/C12H21N3O4S2/c1-9(7-16)4-3-5-13-11(17)6-10-8-20-12(14-10)15-21(2,18)19/h8-9,16H,3-7H2,1-2H3,(H,13,17)(H,14,15). The van der Waals surface area contributed by atoms with Gasteiger partial charge in [-0.15, -0.1) is 11.3 Å². The fourth-order valence-electron chi connectivity index (χ4n) is 1.59. The van der Waals surface area contributed by atoms with Gasteiger partial charge in [-0.2, -0.15) is 0 Å². The molecule has 9 heteroatoms. The van der Waals surface area contributed by atoms with Gasteiger partial charge in [0.1, 0.15) is 0 Å². The molecular formula is C12H21N3O4S2. The van der Waals surface area contributed by atoms with Crippen LogP contribution in [0.4, 0.5) is 5.13 Å². The molecule has 1 aromatic rings. The molecule has 0 aliphatic carbocycles. The average Bonchev–Trinajstić information content (AvgIpc) is 2.79. The van der Waals surface area contributed by atoms with Crippen LogP contribution in [0.1, 0.15) is 25.5 Å². The van der Waals surface area contributed by atoms with Crippen molar-refractivity contribution in [1.82, 2.24) is 10.3 Å². The first-order valence-electron chi connectivity index (χ1n) is 6.60. The topological polar surface area (TPSA) is 108 Å². The molecule has 1 aromatic heterocycles. The van der Waals surface area contributed by atoms with Gasteiger partial charge in [0.25, 0.3) is 0 Å². The molecule has 0 spiro atoms. The fourth-order valence-corrected chi connectivity index (χ4v) is 3.15. The molecule has 1 atom stereocenters. The number of nitrogens with zero attached hydrogens (tertiary/aromatic N) is 1. The zero-order valence-corrected chi connectivity index (χ0v) is 13.8. The highest BCUT2D eigenvalue weighted by molar-refractivity contribution is 7.92. The normalized spacial score (nSPS) is 12.9. The summed E-state index contributed by atoms with van der Waals surface area (Å²) >= 11 is 1.14. The van der Waals surface area contributed by atoms with Crippen LogP contribution in [0.25, 0.3) is 0 Å². The van der Waals surface area contributed by atoms with Crippen molar-refractivity contribution in [2.75, 3.05) is 24.1 Å². The molecular weight excluding hydrogens is 314 g/mol. The first kappa shape index (κ1) is 17.9. The van der Waals surface area contributed by atoms with Crippen molar-refractivity contribution in [2.24, 2.45) is 5.92 Å². The monoisotopic (exact) mass is 335 g/mol. The fraction of sp³-hybridized carbons (Fsp3) is 0.667. The van der Waals surface area contributed by atoms with Crippen molar-refractivity contribution in [2.45, 2.75) is 26.2 Å². The van der Waals surface area contributed by atoms with E-state index in [0.717, 1.165) is 30.4 Å². The van der Waals surface area contributed by atoms with Crippen LogP contribution < -0.4 is 10.0 Å². The summed E-state index contributed by atoms with van der Waals surface area (Å²) in [4.78, 5) is 15.7. The maximum absolute atomic E-state index is 11.7. The van der Waals surface area contributed by atoms with E-state index in [1.54, 1.807) is 5.38 Å². The summed E-state index contributed by atoms with van der Waals surface area (Å²) in [5, 5.41) is 13.6. The number of rotatable bonds is 9. The third-order valence-corrected chi connectivity index (χ3v) is 4.17. The molecule has 21 heavy (non-hydrogen) atoms. The second kappa shape index (κ2) is 8.30. The van der Waals surface area contributed by atoms with Gasteiger partial charge in [-0.1, -0.05) is 6.92 Å². The lowest BCUT2D eigenvalue weighted by Gasteiger charge is -2.07. The van der Waals surface area contributed by atoms with E-state index < -0.39 is 10.0 Å². The van der Waals surface area contributed by atoms with Crippen molar-refractivity contribution in [3.63, 3.8) is 0 Å². The van der Waals surface area contributed by atoms with Gasteiger partial charge in [0, 0.05) is 18.5 Å². The van der Waals surface area contributed by atoms with E-state index in [1.165, 1.54) is 0 Å². The van der Waals surface area contributed by atoms with Crippen LogP contribution >= 0.6 is 11.3 Å². The molecule has 1 heterocycles. The molecule has 0 aliphatic heterocycles. The maximum atomic E-state index is 11.7. The van der Waals surface area contributed by atoms with E-state index in [9.17, 15) is 13.2 Å². The van der Waals surface area contributed by atoms with Crippen LogP contribution in [0.3, 0.4) is 0 Å². The second-order valence-corrected chi connectivity index (χ2v) is 7.58. The van der Waals surface area contributed by atoms with E-state index in [1.807, 2.05) is 6.92 Å². The summed E-state index contributed by atoms with van der Waals surface area (Å²) in [6.45, 7) is 2.66. The van der Waals surface area contributed by atoms with Gasteiger partial charge < -0.3 is 10.4 Å². The number of thiazole rings is 1. The minimum atomic E-state index is -3.34. The molecule has 0 saturated heterocycles. The lowest BCUT2D eigenvalue weighted by atomic mass is 10.1. The van der Waals surface area contributed by atoms with Crippen molar-refractivity contribution in [1.29, 1.82) is 0 Å². The Morgan fingerprint density at radius 2 is 2.24 bits per heavy atom. The molecule has 0 fully saturated rings. The molecule has 0 radical (unpaired) electrons. The van der Waals surface area contributed by atoms with Gasteiger partial charge in [-0.05, 0) is 18.8 Å². The van der Waals surface area contributed by atoms with E-state index >= 15 is 0 Å². The molecule has 0 saturated carbocycles. The number of carbonyl (C=O) groups is 1. The molecule has 7 nitrogen and oxygen atoms in total. The molecule has 120 valence electrons. The quantitative estimate of drug-likeness (QED) is 0.572. The number of aromatic nitrogens is 1. The molecule has 0 aromatic carbocycles. The van der Waals surface area contributed by atoms with Crippen molar-refractivity contribution >= 4 is 32.4 Å². The smallest absolute Gasteiger partial charge is 0.231 e. The number of sulfonamides is 1. The molecule has 0 aliphatic rings. The van der Waals surface area contributed by atoms with Crippen LogP contribution in [0.5, 0.6) is 0 Å². The first-order chi connectivity index (χ1) is 9.80. The van der Waals surface area contributed by atoms with E-state index in [-0.39, 0.29) is 30.0 Å². The Hall–Kier alpha value is -1.19. The first-order valence-corrected chi connectivity index (χ1v) is 9.37.